The Morgan fingerprint density at radius 3 is 2.67 bits per heavy atom. The van der Waals surface area contributed by atoms with Crippen LogP contribution in [0.5, 0.6) is 11.5 Å². The number of hydrogen-bond donors (Lipinski definition) is 1. The van der Waals surface area contributed by atoms with Gasteiger partial charge in [-0.25, -0.2) is 0 Å². The second-order valence-corrected chi connectivity index (χ2v) is 5.78. The zero-order chi connectivity index (χ0) is 15.1. The van der Waals surface area contributed by atoms with Crippen LogP contribution < -0.4 is 14.8 Å². The molecule has 1 aromatic rings. The van der Waals surface area contributed by atoms with Crippen molar-refractivity contribution in [2.45, 2.75) is 39.4 Å². The molecular weight excluding hydrogens is 266 g/mol. The standard InChI is InChI=1S/C17H27NO3/c1-4-19-14-7-5-6-8-15(14)21-16(11-13(2)3)17-12-18-9-10-20-17/h5-8,13,16-18H,4,9-12H2,1-3H3. The Hall–Kier alpha value is -1.26. The van der Waals surface area contributed by atoms with Crippen molar-refractivity contribution in [3.8, 4) is 11.5 Å². The molecular formula is C17H27NO3. The first kappa shape index (κ1) is 16.1. The van der Waals surface area contributed by atoms with Crippen molar-refractivity contribution in [2.24, 2.45) is 5.92 Å². The summed E-state index contributed by atoms with van der Waals surface area (Å²) in [5.41, 5.74) is 0. The van der Waals surface area contributed by atoms with Crippen LogP contribution in [-0.4, -0.2) is 38.5 Å². The van der Waals surface area contributed by atoms with E-state index in [9.17, 15) is 0 Å². The van der Waals surface area contributed by atoms with E-state index in [4.69, 9.17) is 14.2 Å². The monoisotopic (exact) mass is 293 g/mol. The summed E-state index contributed by atoms with van der Waals surface area (Å²) in [6, 6.07) is 7.86. The molecule has 118 valence electrons. The normalized spacial score (nSPS) is 20.3. The van der Waals surface area contributed by atoms with Crippen LogP contribution in [0.3, 0.4) is 0 Å². The van der Waals surface area contributed by atoms with Crippen molar-refractivity contribution >= 4 is 0 Å². The zero-order valence-corrected chi connectivity index (χ0v) is 13.3. The van der Waals surface area contributed by atoms with Gasteiger partial charge in [-0.2, -0.15) is 0 Å². The minimum Gasteiger partial charge on any atom is -0.490 e. The summed E-state index contributed by atoms with van der Waals surface area (Å²) in [5.74, 6) is 2.16. The lowest BCUT2D eigenvalue weighted by molar-refractivity contribution is -0.0487. The molecule has 0 aliphatic carbocycles. The summed E-state index contributed by atoms with van der Waals surface area (Å²) in [6.07, 6.45) is 1.10. The molecule has 1 aliphatic rings. The molecule has 2 rings (SSSR count). The maximum absolute atomic E-state index is 6.26. The molecule has 0 spiro atoms. The molecule has 0 radical (unpaired) electrons. The van der Waals surface area contributed by atoms with Crippen molar-refractivity contribution in [3.05, 3.63) is 24.3 Å². The van der Waals surface area contributed by atoms with E-state index in [1.165, 1.54) is 0 Å². The van der Waals surface area contributed by atoms with E-state index >= 15 is 0 Å². The quantitative estimate of drug-likeness (QED) is 0.839. The molecule has 1 N–H and O–H groups in total. The largest absolute Gasteiger partial charge is 0.490 e. The first-order valence-electron chi connectivity index (χ1n) is 7.91. The number of benzene rings is 1. The van der Waals surface area contributed by atoms with E-state index in [2.05, 4.69) is 19.2 Å². The fraction of sp³-hybridized carbons (Fsp3) is 0.647. The Morgan fingerprint density at radius 2 is 2.05 bits per heavy atom. The Morgan fingerprint density at radius 1 is 1.29 bits per heavy atom. The number of hydrogen-bond acceptors (Lipinski definition) is 4. The molecule has 1 aromatic carbocycles. The van der Waals surface area contributed by atoms with Crippen molar-refractivity contribution in [2.75, 3.05) is 26.3 Å². The molecule has 4 nitrogen and oxygen atoms in total. The Labute approximate surface area is 127 Å². The van der Waals surface area contributed by atoms with E-state index in [0.29, 0.717) is 12.5 Å². The molecule has 2 atom stereocenters. The van der Waals surface area contributed by atoms with E-state index in [-0.39, 0.29) is 12.2 Å². The summed E-state index contributed by atoms with van der Waals surface area (Å²) >= 11 is 0. The van der Waals surface area contributed by atoms with Gasteiger partial charge in [-0.15, -0.1) is 0 Å². The van der Waals surface area contributed by atoms with E-state index < -0.39 is 0 Å². The van der Waals surface area contributed by atoms with E-state index in [0.717, 1.165) is 37.6 Å². The molecule has 0 aromatic heterocycles. The first-order valence-corrected chi connectivity index (χ1v) is 7.91. The van der Waals surface area contributed by atoms with Gasteiger partial charge in [-0.3, -0.25) is 0 Å². The van der Waals surface area contributed by atoms with Crippen LogP contribution in [0.4, 0.5) is 0 Å². The minimum absolute atomic E-state index is 0.0411. The number of morpholine rings is 1. The van der Waals surface area contributed by atoms with Gasteiger partial charge in [0.1, 0.15) is 12.2 Å². The van der Waals surface area contributed by atoms with Crippen molar-refractivity contribution < 1.29 is 14.2 Å². The van der Waals surface area contributed by atoms with Crippen LogP contribution in [0, 0.1) is 5.92 Å². The molecule has 4 heteroatoms. The van der Waals surface area contributed by atoms with Crippen molar-refractivity contribution in [1.82, 2.24) is 5.32 Å². The van der Waals surface area contributed by atoms with Crippen LogP contribution in [0.1, 0.15) is 27.2 Å². The van der Waals surface area contributed by atoms with Crippen molar-refractivity contribution in [1.29, 1.82) is 0 Å². The van der Waals surface area contributed by atoms with Crippen LogP contribution in [-0.2, 0) is 4.74 Å². The average Bonchev–Trinajstić information content (AvgIpc) is 2.49. The van der Waals surface area contributed by atoms with Crippen LogP contribution in [0.15, 0.2) is 24.3 Å². The third-order valence-electron chi connectivity index (χ3n) is 3.50. The highest BCUT2D eigenvalue weighted by Crippen LogP contribution is 2.29. The zero-order valence-electron chi connectivity index (χ0n) is 13.3. The van der Waals surface area contributed by atoms with Gasteiger partial charge in [0.05, 0.1) is 13.2 Å². The molecule has 21 heavy (non-hydrogen) atoms. The van der Waals surface area contributed by atoms with Crippen LogP contribution >= 0.6 is 0 Å². The molecule has 1 fully saturated rings. The Balaban J connectivity index is 2.10. The van der Waals surface area contributed by atoms with Gasteiger partial charge in [-0.05, 0) is 31.4 Å². The molecule has 0 bridgehead atoms. The lowest BCUT2D eigenvalue weighted by Crippen LogP contribution is -2.47. The number of nitrogens with one attached hydrogen (secondary N) is 1. The predicted molar refractivity (Wildman–Crippen MR) is 84.1 cm³/mol. The van der Waals surface area contributed by atoms with Gasteiger partial charge < -0.3 is 19.5 Å². The first-order chi connectivity index (χ1) is 10.2. The van der Waals surface area contributed by atoms with Gasteiger partial charge in [0, 0.05) is 13.1 Å². The lowest BCUT2D eigenvalue weighted by atomic mass is 10.0. The number of ether oxygens (including phenoxy) is 3. The summed E-state index contributed by atoms with van der Waals surface area (Å²) in [6.45, 7) is 9.54. The third-order valence-corrected chi connectivity index (χ3v) is 3.50. The fourth-order valence-electron chi connectivity index (χ4n) is 2.55. The molecule has 2 unspecified atom stereocenters. The SMILES string of the molecule is CCOc1ccccc1OC(CC(C)C)C1CNCCO1. The Kier molecular flexibility index (Phi) is 6.33. The highest BCUT2D eigenvalue weighted by molar-refractivity contribution is 5.39. The second-order valence-electron chi connectivity index (χ2n) is 5.78. The topological polar surface area (TPSA) is 39.7 Å². The highest BCUT2D eigenvalue weighted by atomic mass is 16.6. The van der Waals surface area contributed by atoms with Gasteiger partial charge >= 0.3 is 0 Å². The lowest BCUT2D eigenvalue weighted by Gasteiger charge is -2.32. The number of para-hydroxylation sites is 2. The minimum atomic E-state index is 0.0411. The summed E-state index contributed by atoms with van der Waals surface area (Å²) in [5, 5.41) is 3.38. The molecule has 1 saturated heterocycles. The number of rotatable bonds is 7. The van der Waals surface area contributed by atoms with Crippen LogP contribution in [0.2, 0.25) is 0 Å². The summed E-state index contributed by atoms with van der Waals surface area (Å²) < 4.78 is 17.8. The molecule has 1 aliphatic heterocycles. The highest BCUT2D eigenvalue weighted by Gasteiger charge is 2.27. The smallest absolute Gasteiger partial charge is 0.161 e. The van der Waals surface area contributed by atoms with Crippen molar-refractivity contribution in [3.63, 3.8) is 0 Å². The second kappa shape index (κ2) is 8.25. The van der Waals surface area contributed by atoms with Gasteiger partial charge in [0.15, 0.2) is 11.5 Å². The van der Waals surface area contributed by atoms with Gasteiger partial charge in [-0.1, -0.05) is 26.0 Å². The summed E-state index contributed by atoms with van der Waals surface area (Å²) in [4.78, 5) is 0. The summed E-state index contributed by atoms with van der Waals surface area (Å²) in [7, 11) is 0. The van der Waals surface area contributed by atoms with Crippen LogP contribution in [0.25, 0.3) is 0 Å². The Bertz CT molecular complexity index is 416. The predicted octanol–water partition coefficient (Wildman–Crippen LogP) is 2.87. The van der Waals surface area contributed by atoms with Gasteiger partial charge in [0.25, 0.3) is 0 Å². The fourth-order valence-corrected chi connectivity index (χ4v) is 2.55. The molecule has 1 heterocycles. The molecule has 0 saturated carbocycles. The average molecular weight is 293 g/mol. The third kappa shape index (κ3) is 4.90. The maximum atomic E-state index is 6.26. The molecule has 0 amide bonds. The van der Waals surface area contributed by atoms with E-state index in [1.807, 2.05) is 31.2 Å². The van der Waals surface area contributed by atoms with Gasteiger partial charge in [0.2, 0.25) is 0 Å². The maximum Gasteiger partial charge on any atom is 0.161 e. The van der Waals surface area contributed by atoms with E-state index in [1.54, 1.807) is 0 Å².